The molecule has 0 aromatic heterocycles. The summed E-state index contributed by atoms with van der Waals surface area (Å²) < 4.78 is 10.4. The quantitative estimate of drug-likeness (QED) is 0.864. The molecule has 0 bridgehead atoms. The molecule has 9 heteroatoms. The van der Waals surface area contributed by atoms with Crippen LogP contribution < -0.4 is 14.8 Å². The number of thioether (sulfide) groups is 1. The van der Waals surface area contributed by atoms with Gasteiger partial charge in [-0.1, -0.05) is 11.8 Å². The van der Waals surface area contributed by atoms with Crippen molar-refractivity contribution in [2.24, 2.45) is 0 Å². The van der Waals surface area contributed by atoms with Gasteiger partial charge in [0.15, 0.2) is 0 Å². The number of nitrogens with zero attached hydrogens (tertiary/aromatic N) is 2. The number of carbonyl (C=O) groups is 3. The molecule has 0 saturated carbocycles. The van der Waals surface area contributed by atoms with Crippen LogP contribution in [0, 0.1) is 0 Å². The Morgan fingerprint density at radius 2 is 1.92 bits per heavy atom. The molecule has 2 heterocycles. The SMILES string of the molecule is COc1ccc(NC(=O)N2CCC(N3C(=O)CSC3=O)CC2)c(OC)c1. The Morgan fingerprint density at radius 3 is 2.50 bits per heavy atom. The number of piperidine rings is 1. The standard InChI is InChI=1S/C17H21N3O5S/c1-24-12-3-4-13(14(9-12)25-2)18-16(22)19-7-5-11(6-8-19)20-15(21)10-26-17(20)23/h3-4,9,11H,5-8,10H2,1-2H3,(H,18,22). The Balaban J connectivity index is 1.59. The second-order valence-corrected chi connectivity index (χ2v) is 6.96. The highest BCUT2D eigenvalue weighted by molar-refractivity contribution is 8.14. The van der Waals surface area contributed by atoms with Crippen molar-refractivity contribution < 1.29 is 23.9 Å². The van der Waals surface area contributed by atoms with Crippen LogP contribution in [-0.4, -0.2) is 66.1 Å². The molecule has 0 radical (unpaired) electrons. The van der Waals surface area contributed by atoms with Crippen molar-refractivity contribution in [3.8, 4) is 11.5 Å². The van der Waals surface area contributed by atoms with Crippen molar-refractivity contribution in [1.29, 1.82) is 0 Å². The van der Waals surface area contributed by atoms with Crippen LogP contribution >= 0.6 is 11.8 Å². The molecular formula is C17H21N3O5S. The maximum atomic E-state index is 12.5. The Labute approximate surface area is 155 Å². The third kappa shape index (κ3) is 3.72. The molecule has 4 amide bonds. The smallest absolute Gasteiger partial charge is 0.321 e. The monoisotopic (exact) mass is 379 g/mol. The van der Waals surface area contributed by atoms with Crippen LogP contribution in [0.5, 0.6) is 11.5 Å². The van der Waals surface area contributed by atoms with Gasteiger partial charge in [0, 0.05) is 25.2 Å². The lowest BCUT2D eigenvalue weighted by Crippen LogP contribution is -2.49. The molecule has 2 aliphatic heterocycles. The highest BCUT2D eigenvalue weighted by Gasteiger charge is 2.38. The number of likely N-dealkylation sites (tertiary alicyclic amines) is 1. The summed E-state index contributed by atoms with van der Waals surface area (Å²) in [6.45, 7) is 0.966. The predicted octanol–water partition coefficient (Wildman–Crippen LogP) is 2.40. The Kier molecular flexibility index (Phi) is 5.55. The highest BCUT2D eigenvalue weighted by atomic mass is 32.2. The number of benzene rings is 1. The van der Waals surface area contributed by atoms with Gasteiger partial charge in [0.2, 0.25) is 5.91 Å². The number of hydrogen-bond acceptors (Lipinski definition) is 6. The van der Waals surface area contributed by atoms with Crippen LogP contribution in [0.25, 0.3) is 0 Å². The van der Waals surface area contributed by atoms with Crippen LogP contribution in [0.3, 0.4) is 0 Å². The van der Waals surface area contributed by atoms with Gasteiger partial charge in [-0.25, -0.2) is 4.79 Å². The summed E-state index contributed by atoms with van der Waals surface area (Å²) in [7, 11) is 3.09. The van der Waals surface area contributed by atoms with E-state index in [4.69, 9.17) is 9.47 Å². The molecule has 1 N–H and O–H groups in total. The summed E-state index contributed by atoms with van der Waals surface area (Å²) in [4.78, 5) is 39.2. The number of urea groups is 1. The van der Waals surface area contributed by atoms with Gasteiger partial charge in [-0.05, 0) is 25.0 Å². The molecule has 1 aromatic rings. The molecule has 1 aromatic carbocycles. The fraction of sp³-hybridized carbons (Fsp3) is 0.471. The van der Waals surface area contributed by atoms with Crippen LogP contribution in [0.1, 0.15) is 12.8 Å². The third-order valence-electron chi connectivity index (χ3n) is 4.55. The Bertz CT molecular complexity index is 702. The zero-order valence-electron chi connectivity index (χ0n) is 14.7. The zero-order chi connectivity index (χ0) is 18.7. The van der Waals surface area contributed by atoms with Crippen LogP contribution in [0.2, 0.25) is 0 Å². The van der Waals surface area contributed by atoms with E-state index in [0.29, 0.717) is 43.1 Å². The van der Waals surface area contributed by atoms with E-state index in [-0.39, 0.29) is 29.0 Å². The number of ether oxygens (including phenoxy) is 2. The van der Waals surface area contributed by atoms with Crippen molar-refractivity contribution >= 4 is 34.6 Å². The van der Waals surface area contributed by atoms with E-state index < -0.39 is 0 Å². The van der Waals surface area contributed by atoms with Crippen molar-refractivity contribution in [3.63, 3.8) is 0 Å². The lowest BCUT2D eigenvalue weighted by atomic mass is 10.0. The second kappa shape index (κ2) is 7.86. The minimum absolute atomic E-state index is 0.121. The summed E-state index contributed by atoms with van der Waals surface area (Å²) in [5.74, 6) is 1.23. The molecule has 0 atom stereocenters. The molecule has 3 rings (SSSR count). The second-order valence-electron chi connectivity index (χ2n) is 6.03. The van der Waals surface area contributed by atoms with Gasteiger partial charge in [-0.3, -0.25) is 14.5 Å². The average molecular weight is 379 g/mol. The highest BCUT2D eigenvalue weighted by Crippen LogP contribution is 2.30. The van der Waals surface area contributed by atoms with Gasteiger partial charge < -0.3 is 19.7 Å². The molecule has 26 heavy (non-hydrogen) atoms. The first-order valence-electron chi connectivity index (χ1n) is 8.30. The minimum Gasteiger partial charge on any atom is -0.497 e. The lowest BCUT2D eigenvalue weighted by Gasteiger charge is -2.35. The maximum Gasteiger partial charge on any atom is 0.321 e. The van der Waals surface area contributed by atoms with Gasteiger partial charge in [-0.15, -0.1) is 0 Å². The van der Waals surface area contributed by atoms with Gasteiger partial charge in [0.25, 0.3) is 5.24 Å². The van der Waals surface area contributed by atoms with Gasteiger partial charge >= 0.3 is 6.03 Å². The number of carbonyl (C=O) groups excluding carboxylic acids is 3. The Morgan fingerprint density at radius 1 is 1.19 bits per heavy atom. The molecule has 2 saturated heterocycles. The van der Waals surface area contributed by atoms with E-state index in [1.165, 1.54) is 12.0 Å². The van der Waals surface area contributed by atoms with Gasteiger partial charge in [0.05, 0.1) is 25.7 Å². The summed E-state index contributed by atoms with van der Waals surface area (Å²) >= 11 is 1.04. The zero-order valence-corrected chi connectivity index (χ0v) is 15.5. The average Bonchev–Trinajstić information content (AvgIpc) is 3.00. The fourth-order valence-corrected chi connectivity index (χ4v) is 3.92. The molecule has 0 spiro atoms. The number of methoxy groups -OCH3 is 2. The summed E-state index contributed by atoms with van der Waals surface area (Å²) in [6.07, 6.45) is 1.18. The Hall–Kier alpha value is -2.42. The minimum atomic E-state index is -0.236. The van der Waals surface area contributed by atoms with Crippen molar-refractivity contribution in [1.82, 2.24) is 9.80 Å². The first-order chi connectivity index (χ1) is 12.5. The van der Waals surface area contributed by atoms with Crippen LogP contribution in [0.15, 0.2) is 18.2 Å². The fourth-order valence-electron chi connectivity index (χ4n) is 3.14. The number of anilines is 1. The van der Waals surface area contributed by atoms with E-state index in [0.717, 1.165) is 11.8 Å². The predicted molar refractivity (Wildman–Crippen MR) is 97.9 cm³/mol. The molecule has 0 aliphatic carbocycles. The van der Waals surface area contributed by atoms with Gasteiger partial charge in [0.1, 0.15) is 11.5 Å². The third-order valence-corrected chi connectivity index (χ3v) is 5.39. The molecule has 8 nitrogen and oxygen atoms in total. The molecule has 2 aliphatic rings. The summed E-state index contributed by atoms with van der Waals surface area (Å²) in [5.41, 5.74) is 0.557. The van der Waals surface area contributed by atoms with Crippen molar-refractivity contribution in [2.45, 2.75) is 18.9 Å². The molecule has 0 unspecified atom stereocenters. The number of amides is 4. The van der Waals surface area contributed by atoms with Crippen LogP contribution in [0.4, 0.5) is 15.3 Å². The topological polar surface area (TPSA) is 88.2 Å². The number of nitrogens with one attached hydrogen (secondary N) is 1. The van der Waals surface area contributed by atoms with Crippen molar-refractivity contribution in [2.75, 3.05) is 38.4 Å². The summed E-state index contributed by atoms with van der Waals surface area (Å²) in [5, 5.41) is 2.66. The molecular weight excluding hydrogens is 358 g/mol. The lowest BCUT2D eigenvalue weighted by molar-refractivity contribution is -0.126. The first kappa shape index (κ1) is 18.4. The van der Waals surface area contributed by atoms with Crippen molar-refractivity contribution in [3.05, 3.63) is 18.2 Å². The van der Waals surface area contributed by atoms with Crippen LogP contribution in [-0.2, 0) is 4.79 Å². The first-order valence-corrected chi connectivity index (χ1v) is 9.29. The number of imide groups is 1. The number of hydrogen-bond donors (Lipinski definition) is 1. The largest absolute Gasteiger partial charge is 0.497 e. The maximum absolute atomic E-state index is 12.5. The molecule has 140 valence electrons. The van der Waals surface area contributed by atoms with E-state index in [1.54, 1.807) is 30.2 Å². The van der Waals surface area contributed by atoms with E-state index >= 15 is 0 Å². The van der Waals surface area contributed by atoms with E-state index in [2.05, 4.69) is 5.32 Å². The number of rotatable bonds is 4. The molecule has 2 fully saturated rings. The van der Waals surface area contributed by atoms with Gasteiger partial charge in [-0.2, -0.15) is 0 Å². The summed E-state index contributed by atoms with van der Waals surface area (Å²) in [6, 6.07) is 4.81. The normalized spacial score (nSPS) is 18.2. The van der Waals surface area contributed by atoms with E-state index in [9.17, 15) is 14.4 Å². The van der Waals surface area contributed by atoms with E-state index in [1.807, 2.05) is 0 Å².